The Morgan fingerprint density at radius 1 is 0.789 bits per heavy atom. The van der Waals surface area contributed by atoms with E-state index in [1.807, 2.05) is 35.2 Å². The smallest absolute Gasteiger partial charge is 0.289 e. The van der Waals surface area contributed by atoms with E-state index >= 15 is 0 Å². The number of anilines is 1. The Bertz CT molecular complexity index is 1310. The van der Waals surface area contributed by atoms with Gasteiger partial charge in [0, 0.05) is 45.0 Å². The average Bonchev–Trinajstić information content (AvgIpc) is 3.43. The molecule has 3 aromatic carbocycles. The van der Waals surface area contributed by atoms with Gasteiger partial charge in [0.2, 0.25) is 0 Å². The second-order valence-electron chi connectivity index (χ2n) is 9.86. The molecule has 6 nitrogen and oxygen atoms in total. The molecule has 0 N–H and O–H groups in total. The van der Waals surface area contributed by atoms with E-state index in [-0.39, 0.29) is 5.91 Å². The van der Waals surface area contributed by atoms with Crippen LogP contribution in [0.5, 0.6) is 5.75 Å². The Hall–Kier alpha value is -4.03. The molecule has 1 aliphatic rings. The molecule has 38 heavy (non-hydrogen) atoms. The van der Waals surface area contributed by atoms with Crippen molar-refractivity contribution in [3.8, 4) is 5.75 Å². The highest BCUT2D eigenvalue weighted by molar-refractivity contribution is 5.91. The molecule has 1 fully saturated rings. The molecule has 2 heterocycles. The first-order chi connectivity index (χ1) is 18.6. The molecule has 0 aliphatic carbocycles. The predicted octanol–water partition coefficient (Wildman–Crippen LogP) is 5.76. The van der Waals surface area contributed by atoms with Gasteiger partial charge in [0.05, 0.1) is 13.7 Å². The van der Waals surface area contributed by atoms with Gasteiger partial charge < -0.3 is 19.0 Å². The maximum Gasteiger partial charge on any atom is 0.289 e. The van der Waals surface area contributed by atoms with Crippen LogP contribution >= 0.6 is 0 Å². The van der Waals surface area contributed by atoms with Gasteiger partial charge in [-0.05, 0) is 54.4 Å². The number of carbonyl (C=O) groups excluding carboxylic acids is 1. The molecule has 1 aliphatic heterocycles. The second kappa shape index (κ2) is 12.0. The molecule has 0 spiro atoms. The van der Waals surface area contributed by atoms with E-state index < -0.39 is 0 Å². The van der Waals surface area contributed by atoms with E-state index in [9.17, 15) is 4.79 Å². The summed E-state index contributed by atoms with van der Waals surface area (Å²) < 4.78 is 11.4. The molecule has 0 atom stereocenters. The Balaban J connectivity index is 1.21. The molecule has 0 unspecified atom stereocenters. The highest BCUT2D eigenvalue weighted by Gasteiger charge is 2.25. The average molecular weight is 510 g/mol. The van der Waals surface area contributed by atoms with Crippen LogP contribution in [0.25, 0.3) is 0 Å². The third-order valence-electron chi connectivity index (χ3n) is 7.03. The lowest BCUT2D eigenvalue weighted by Crippen LogP contribution is -2.48. The van der Waals surface area contributed by atoms with Crippen LogP contribution < -0.4 is 9.64 Å². The first-order valence-corrected chi connectivity index (χ1v) is 13.2. The lowest BCUT2D eigenvalue weighted by atomic mass is 10.1. The van der Waals surface area contributed by atoms with Crippen LogP contribution in [-0.4, -0.2) is 49.0 Å². The van der Waals surface area contributed by atoms with Gasteiger partial charge in [-0.25, -0.2) is 0 Å². The molecule has 196 valence electrons. The van der Waals surface area contributed by atoms with Gasteiger partial charge >= 0.3 is 0 Å². The number of hydrogen-bond acceptors (Lipinski definition) is 5. The normalized spacial score (nSPS) is 13.7. The number of methoxy groups -OCH3 is 1. The lowest BCUT2D eigenvalue weighted by molar-refractivity contribution is 0.0710. The zero-order chi connectivity index (χ0) is 26.3. The number of hydrogen-bond donors (Lipinski definition) is 0. The maximum absolute atomic E-state index is 13.2. The highest BCUT2D eigenvalue weighted by Crippen LogP contribution is 2.22. The minimum Gasteiger partial charge on any atom is -0.497 e. The van der Waals surface area contributed by atoms with Crippen molar-refractivity contribution >= 4 is 11.6 Å². The fourth-order valence-corrected chi connectivity index (χ4v) is 4.88. The van der Waals surface area contributed by atoms with Crippen molar-refractivity contribution in [1.82, 2.24) is 9.80 Å². The summed E-state index contributed by atoms with van der Waals surface area (Å²) in [6.45, 7) is 7.22. The summed E-state index contributed by atoms with van der Waals surface area (Å²) in [5.41, 5.74) is 4.90. The number of rotatable bonds is 9. The number of furan rings is 1. The highest BCUT2D eigenvalue weighted by atomic mass is 16.5. The number of ether oxygens (including phenoxy) is 1. The number of amides is 1. The topological polar surface area (TPSA) is 49.2 Å². The number of aryl methyl sites for hydroxylation is 1. The molecule has 1 amide bonds. The van der Waals surface area contributed by atoms with Crippen molar-refractivity contribution in [2.45, 2.75) is 26.6 Å². The molecule has 0 bridgehead atoms. The number of piperazine rings is 1. The van der Waals surface area contributed by atoms with E-state index in [4.69, 9.17) is 9.15 Å². The minimum absolute atomic E-state index is 0.0428. The molecule has 1 saturated heterocycles. The van der Waals surface area contributed by atoms with Crippen LogP contribution in [-0.2, 0) is 19.6 Å². The van der Waals surface area contributed by atoms with Crippen molar-refractivity contribution in [3.63, 3.8) is 0 Å². The fraction of sp³-hybridized carbons (Fsp3) is 0.281. The van der Waals surface area contributed by atoms with Gasteiger partial charge in [-0.3, -0.25) is 9.69 Å². The van der Waals surface area contributed by atoms with Gasteiger partial charge in [0.25, 0.3) is 5.91 Å². The van der Waals surface area contributed by atoms with E-state index in [1.165, 1.54) is 16.7 Å². The fourth-order valence-electron chi connectivity index (χ4n) is 4.88. The van der Waals surface area contributed by atoms with Crippen LogP contribution in [0.4, 0.5) is 5.69 Å². The molecule has 1 aromatic heterocycles. The largest absolute Gasteiger partial charge is 0.497 e. The maximum atomic E-state index is 13.2. The monoisotopic (exact) mass is 509 g/mol. The predicted molar refractivity (Wildman–Crippen MR) is 150 cm³/mol. The standard InChI is InChI=1S/C32H35N3O3/c1-25-8-10-27(11-9-25)23-33(22-26-6-4-3-5-7-26)24-30-16-17-31(38-30)32(36)35-20-18-34(19-21-35)28-12-14-29(37-2)15-13-28/h3-17H,18-24H2,1-2H3. The SMILES string of the molecule is COc1ccc(N2CCN(C(=O)c3ccc(CN(Cc4ccccc4)Cc4ccc(C)cc4)o3)CC2)cc1. The van der Waals surface area contributed by atoms with Gasteiger partial charge in [-0.1, -0.05) is 60.2 Å². The molecule has 0 saturated carbocycles. The van der Waals surface area contributed by atoms with Crippen LogP contribution in [0.15, 0.2) is 95.4 Å². The van der Waals surface area contributed by atoms with Crippen molar-refractivity contribution in [3.05, 3.63) is 119 Å². The summed E-state index contributed by atoms with van der Waals surface area (Å²) in [5.74, 6) is 2.01. The summed E-state index contributed by atoms with van der Waals surface area (Å²) in [7, 11) is 1.67. The van der Waals surface area contributed by atoms with E-state index in [0.717, 1.165) is 43.4 Å². The second-order valence-corrected chi connectivity index (χ2v) is 9.86. The van der Waals surface area contributed by atoms with E-state index in [2.05, 4.69) is 77.4 Å². The summed E-state index contributed by atoms with van der Waals surface area (Å²) in [6.07, 6.45) is 0. The minimum atomic E-state index is -0.0428. The van der Waals surface area contributed by atoms with Gasteiger partial charge in [-0.15, -0.1) is 0 Å². The van der Waals surface area contributed by atoms with Crippen molar-refractivity contribution < 1.29 is 13.9 Å². The van der Waals surface area contributed by atoms with Crippen LogP contribution in [0.3, 0.4) is 0 Å². The zero-order valence-electron chi connectivity index (χ0n) is 22.2. The molecule has 4 aromatic rings. The van der Waals surface area contributed by atoms with Gasteiger partial charge in [-0.2, -0.15) is 0 Å². The van der Waals surface area contributed by atoms with Gasteiger partial charge in [0.1, 0.15) is 11.5 Å². The molecule has 5 rings (SSSR count). The number of nitrogens with zero attached hydrogens (tertiary/aromatic N) is 3. The third kappa shape index (κ3) is 6.45. The van der Waals surface area contributed by atoms with Crippen LogP contribution in [0.2, 0.25) is 0 Å². The Morgan fingerprint density at radius 2 is 1.45 bits per heavy atom. The quantitative estimate of drug-likeness (QED) is 0.287. The molecule has 0 radical (unpaired) electrons. The summed E-state index contributed by atoms with van der Waals surface area (Å²) in [4.78, 5) is 19.8. The number of carbonyl (C=O) groups is 1. The Kier molecular flexibility index (Phi) is 8.09. The van der Waals surface area contributed by atoms with E-state index in [1.54, 1.807) is 7.11 Å². The third-order valence-corrected chi connectivity index (χ3v) is 7.03. The van der Waals surface area contributed by atoms with Gasteiger partial charge in [0.15, 0.2) is 5.76 Å². The molecular weight excluding hydrogens is 474 g/mol. The zero-order valence-corrected chi connectivity index (χ0v) is 22.2. The van der Waals surface area contributed by atoms with Crippen molar-refractivity contribution in [2.75, 3.05) is 38.2 Å². The number of benzene rings is 3. The Labute approximate surface area is 225 Å². The van der Waals surface area contributed by atoms with Crippen LogP contribution in [0.1, 0.15) is 33.0 Å². The summed E-state index contributed by atoms with van der Waals surface area (Å²) in [6, 6.07) is 30.9. The van der Waals surface area contributed by atoms with Crippen molar-refractivity contribution in [1.29, 1.82) is 0 Å². The lowest BCUT2D eigenvalue weighted by Gasteiger charge is -2.35. The molecular formula is C32H35N3O3. The van der Waals surface area contributed by atoms with E-state index in [0.29, 0.717) is 25.4 Å². The molecule has 6 heteroatoms. The Morgan fingerprint density at radius 3 is 2.11 bits per heavy atom. The van der Waals surface area contributed by atoms with Crippen molar-refractivity contribution in [2.24, 2.45) is 0 Å². The first kappa shape index (κ1) is 25.6. The summed E-state index contributed by atoms with van der Waals surface area (Å²) >= 11 is 0. The first-order valence-electron chi connectivity index (χ1n) is 13.2. The summed E-state index contributed by atoms with van der Waals surface area (Å²) in [5, 5.41) is 0. The van der Waals surface area contributed by atoms with Crippen LogP contribution in [0, 0.1) is 6.92 Å².